The van der Waals surface area contributed by atoms with Crippen LogP contribution < -0.4 is 0 Å². The lowest BCUT2D eigenvalue weighted by molar-refractivity contribution is -0.128. The van der Waals surface area contributed by atoms with E-state index in [1.165, 1.54) is 0 Å². The highest BCUT2D eigenvalue weighted by Crippen LogP contribution is 2.23. The zero-order chi connectivity index (χ0) is 15.7. The topological polar surface area (TPSA) is 53.8 Å². The fraction of sp³-hybridized carbons (Fsp3) is 0.412. The zero-order valence-electron chi connectivity index (χ0n) is 13.0. The van der Waals surface area contributed by atoms with Crippen molar-refractivity contribution < 1.29 is 14.0 Å². The second-order valence-electron chi connectivity index (χ2n) is 5.76. The van der Waals surface area contributed by atoms with Crippen molar-refractivity contribution in [3.05, 3.63) is 35.6 Å². The number of carbonyl (C=O) groups is 2. The van der Waals surface area contributed by atoms with Crippen molar-refractivity contribution in [1.82, 2.24) is 9.80 Å². The molecule has 0 saturated carbocycles. The van der Waals surface area contributed by atoms with Crippen molar-refractivity contribution >= 4 is 22.8 Å². The van der Waals surface area contributed by atoms with Gasteiger partial charge in [0.05, 0.1) is 0 Å². The van der Waals surface area contributed by atoms with Crippen LogP contribution in [0.15, 0.2) is 28.7 Å². The smallest absolute Gasteiger partial charge is 0.289 e. The Labute approximate surface area is 129 Å². The number of para-hydroxylation sites is 1. The monoisotopic (exact) mass is 300 g/mol. The van der Waals surface area contributed by atoms with Crippen LogP contribution in [0.4, 0.5) is 0 Å². The van der Waals surface area contributed by atoms with E-state index in [0.29, 0.717) is 31.9 Å². The summed E-state index contributed by atoms with van der Waals surface area (Å²) < 4.78 is 5.76. The molecule has 2 heterocycles. The number of carbonyl (C=O) groups excluding carboxylic acids is 2. The summed E-state index contributed by atoms with van der Waals surface area (Å²) in [6.45, 7) is 6.03. The summed E-state index contributed by atoms with van der Waals surface area (Å²) in [5.74, 6) is 0.343. The van der Waals surface area contributed by atoms with Crippen molar-refractivity contribution in [2.75, 3.05) is 26.2 Å². The quantitative estimate of drug-likeness (QED) is 0.813. The predicted octanol–water partition coefficient (Wildman–Crippen LogP) is 2.44. The molecule has 1 aromatic heterocycles. The lowest BCUT2D eigenvalue weighted by atomic mass is 10.2. The first-order chi connectivity index (χ1) is 10.6. The Bertz CT molecular complexity index is 720. The summed E-state index contributed by atoms with van der Waals surface area (Å²) >= 11 is 0. The van der Waals surface area contributed by atoms with Gasteiger partial charge in [0.15, 0.2) is 5.76 Å². The van der Waals surface area contributed by atoms with E-state index in [0.717, 1.165) is 23.0 Å². The van der Waals surface area contributed by atoms with E-state index in [1.807, 2.05) is 25.1 Å². The van der Waals surface area contributed by atoms with Gasteiger partial charge in [-0.05, 0) is 25.0 Å². The molecule has 0 bridgehead atoms. The van der Waals surface area contributed by atoms with Gasteiger partial charge >= 0.3 is 0 Å². The second kappa shape index (κ2) is 5.83. The van der Waals surface area contributed by atoms with Crippen LogP contribution in [0.1, 0.15) is 29.5 Å². The van der Waals surface area contributed by atoms with Crippen LogP contribution in [0.2, 0.25) is 0 Å². The molecule has 2 aromatic rings. The lowest BCUT2D eigenvalue weighted by Gasteiger charge is -2.20. The lowest BCUT2D eigenvalue weighted by Crippen LogP contribution is -2.36. The molecule has 0 radical (unpaired) electrons. The van der Waals surface area contributed by atoms with Crippen LogP contribution in [0.3, 0.4) is 0 Å². The standard InChI is InChI=1S/C17H20N2O3/c1-12-5-3-6-14-11-15(22-16(12)14)17(21)19-8-4-7-18(9-10-19)13(2)20/h3,5-6,11H,4,7-10H2,1-2H3. The van der Waals surface area contributed by atoms with E-state index in [9.17, 15) is 9.59 Å². The van der Waals surface area contributed by atoms with Gasteiger partial charge < -0.3 is 14.2 Å². The summed E-state index contributed by atoms with van der Waals surface area (Å²) in [4.78, 5) is 27.7. The highest BCUT2D eigenvalue weighted by atomic mass is 16.3. The first-order valence-electron chi connectivity index (χ1n) is 7.60. The number of amides is 2. The molecular formula is C17H20N2O3. The maximum atomic E-state index is 12.6. The first kappa shape index (κ1) is 14.6. The van der Waals surface area contributed by atoms with Crippen LogP contribution in [-0.4, -0.2) is 47.8 Å². The summed E-state index contributed by atoms with van der Waals surface area (Å²) in [6.07, 6.45) is 0.796. The minimum atomic E-state index is -0.0963. The van der Waals surface area contributed by atoms with E-state index in [-0.39, 0.29) is 11.8 Å². The van der Waals surface area contributed by atoms with Gasteiger partial charge in [-0.3, -0.25) is 9.59 Å². The van der Waals surface area contributed by atoms with Crippen LogP contribution in [0.5, 0.6) is 0 Å². The Balaban J connectivity index is 1.80. The summed E-state index contributed by atoms with van der Waals surface area (Å²) in [6, 6.07) is 7.68. The Morgan fingerprint density at radius 3 is 2.55 bits per heavy atom. The molecule has 5 nitrogen and oxygen atoms in total. The molecule has 1 saturated heterocycles. The molecule has 1 aliphatic heterocycles. The van der Waals surface area contributed by atoms with Gasteiger partial charge in [0.25, 0.3) is 5.91 Å². The Hall–Kier alpha value is -2.30. The van der Waals surface area contributed by atoms with Crippen molar-refractivity contribution in [3.63, 3.8) is 0 Å². The summed E-state index contributed by atoms with van der Waals surface area (Å²) in [7, 11) is 0. The van der Waals surface area contributed by atoms with E-state index in [1.54, 1.807) is 22.8 Å². The third-order valence-corrected chi connectivity index (χ3v) is 4.18. The van der Waals surface area contributed by atoms with Crippen LogP contribution >= 0.6 is 0 Å². The number of rotatable bonds is 1. The predicted molar refractivity (Wildman–Crippen MR) is 83.7 cm³/mol. The van der Waals surface area contributed by atoms with Crippen LogP contribution in [0, 0.1) is 6.92 Å². The first-order valence-corrected chi connectivity index (χ1v) is 7.60. The van der Waals surface area contributed by atoms with Crippen LogP contribution in [-0.2, 0) is 4.79 Å². The van der Waals surface area contributed by atoms with Gasteiger partial charge in [-0.1, -0.05) is 18.2 Å². The minimum Gasteiger partial charge on any atom is -0.451 e. The van der Waals surface area contributed by atoms with E-state index in [2.05, 4.69) is 0 Å². The molecule has 2 amide bonds. The Morgan fingerprint density at radius 1 is 1.09 bits per heavy atom. The molecule has 0 N–H and O–H groups in total. The van der Waals surface area contributed by atoms with E-state index < -0.39 is 0 Å². The molecule has 3 rings (SSSR count). The number of hydrogen-bond donors (Lipinski definition) is 0. The van der Waals surface area contributed by atoms with Gasteiger partial charge in [-0.15, -0.1) is 0 Å². The molecule has 1 aliphatic rings. The molecule has 1 fully saturated rings. The van der Waals surface area contributed by atoms with Gasteiger partial charge in [-0.25, -0.2) is 0 Å². The minimum absolute atomic E-state index is 0.0636. The second-order valence-corrected chi connectivity index (χ2v) is 5.76. The zero-order valence-corrected chi connectivity index (χ0v) is 13.0. The number of aryl methyl sites for hydroxylation is 1. The fourth-order valence-electron chi connectivity index (χ4n) is 2.91. The van der Waals surface area contributed by atoms with E-state index in [4.69, 9.17) is 4.42 Å². The highest BCUT2D eigenvalue weighted by molar-refractivity contribution is 5.96. The molecule has 0 atom stereocenters. The Morgan fingerprint density at radius 2 is 1.82 bits per heavy atom. The van der Waals surface area contributed by atoms with Gasteiger partial charge in [0.2, 0.25) is 5.91 Å². The van der Waals surface area contributed by atoms with Crippen LogP contribution in [0.25, 0.3) is 11.0 Å². The molecule has 0 unspecified atom stereocenters. The van der Waals surface area contributed by atoms with Gasteiger partial charge in [0, 0.05) is 38.5 Å². The van der Waals surface area contributed by atoms with Crippen molar-refractivity contribution in [2.45, 2.75) is 20.3 Å². The van der Waals surface area contributed by atoms with Crippen molar-refractivity contribution in [2.24, 2.45) is 0 Å². The normalized spacial score (nSPS) is 15.9. The molecule has 0 spiro atoms. The molecule has 0 aliphatic carbocycles. The van der Waals surface area contributed by atoms with Gasteiger partial charge in [0.1, 0.15) is 5.58 Å². The third-order valence-electron chi connectivity index (χ3n) is 4.18. The Kier molecular flexibility index (Phi) is 3.88. The molecule has 5 heteroatoms. The van der Waals surface area contributed by atoms with E-state index >= 15 is 0 Å². The maximum absolute atomic E-state index is 12.6. The average Bonchev–Trinajstić information content (AvgIpc) is 2.77. The fourth-order valence-corrected chi connectivity index (χ4v) is 2.91. The number of nitrogens with zero attached hydrogens (tertiary/aromatic N) is 2. The van der Waals surface area contributed by atoms with Crippen molar-refractivity contribution in [1.29, 1.82) is 0 Å². The third kappa shape index (κ3) is 2.71. The number of fused-ring (bicyclic) bond motifs is 1. The van der Waals surface area contributed by atoms with Crippen molar-refractivity contribution in [3.8, 4) is 0 Å². The number of hydrogen-bond acceptors (Lipinski definition) is 3. The highest BCUT2D eigenvalue weighted by Gasteiger charge is 2.23. The summed E-state index contributed by atoms with van der Waals surface area (Å²) in [5.41, 5.74) is 1.79. The summed E-state index contributed by atoms with van der Waals surface area (Å²) in [5, 5.41) is 0.948. The molecular weight excluding hydrogens is 280 g/mol. The molecule has 116 valence electrons. The SMILES string of the molecule is CC(=O)N1CCCN(C(=O)c2cc3cccc(C)c3o2)CC1. The number of furan rings is 1. The van der Waals surface area contributed by atoms with Gasteiger partial charge in [-0.2, -0.15) is 0 Å². The maximum Gasteiger partial charge on any atom is 0.289 e. The largest absolute Gasteiger partial charge is 0.451 e. The molecule has 22 heavy (non-hydrogen) atoms. The number of benzene rings is 1. The molecule has 1 aromatic carbocycles. The average molecular weight is 300 g/mol.